The highest BCUT2D eigenvalue weighted by atomic mass is 16.3. The van der Waals surface area contributed by atoms with Crippen molar-refractivity contribution in [3.8, 4) is 0 Å². The van der Waals surface area contributed by atoms with Gasteiger partial charge in [0.1, 0.15) is 5.69 Å². The van der Waals surface area contributed by atoms with Crippen molar-refractivity contribution < 1.29 is 9.90 Å². The van der Waals surface area contributed by atoms with E-state index in [1.165, 1.54) is 0 Å². The zero-order valence-electron chi connectivity index (χ0n) is 11.9. The van der Waals surface area contributed by atoms with E-state index in [2.05, 4.69) is 9.88 Å². The molecule has 0 spiro atoms. The van der Waals surface area contributed by atoms with E-state index in [0.717, 1.165) is 23.9 Å². The number of aromatic nitrogens is 1. The molecule has 0 radical (unpaired) electrons. The molecule has 0 saturated carbocycles. The van der Waals surface area contributed by atoms with Gasteiger partial charge in [0.2, 0.25) is 0 Å². The number of hydrogen-bond acceptors (Lipinski definition) is 4. The summed E-state index contributed by atoms with van der Waals surface area (Å²) in [5.41, 5.74) is 0.531. The zero-order valence-corrected chi connectivity index (χ0v) is 11.9. The number of amides is 1. The third-order valence-corrected chi connectivity index (χ3v) is 3.95. The lowest BCUT2D eigenvalue weighted by Gasteiger charge is -2.34. The Hall–Kier alpha value is -1.98. The maximum absolute atomic E-state index is 12.7. The summed E-state index contributed by atoms with van der Waals surface area (Å²) in [7, 11) is 0. The van der Waals surface area contributed by atoms with E-state index < -0.39 is 0 Å². The Morgan fingerprint density at radius 1 is 1.14 bits per heavy atom. The van der Waals surface area contributed by atoms with Crippen molar-refractivity contribution >= 4 is 16.7 Å². The van der Waals surface area contributed by atoms with Gasteiger partial charge in [0.15, 0.2) is 0 Å². The Labute approximate surface area is 123 Å². The molecule has 1 aromatic carbocycles. The number of hydrogen-bond donors (Lipinski definition) is 1. The molecule has 0 atom stereocenters. The summed E-state index contributed by atoms with van der Waals surface area (Å²) in [5.74, 6) is -0.00421. The predicted octanol–water partition coefficient (Wildman–Crippen LogP) is 0.985. The maximum atomic E-state index is 12.7. The summed E-state index contributed by atoms with van der Waals surface area (Å²) in [6.07, 6.45) is 1.69. The molecule has 0 aliphatic carbocycles. The maximum Gasteiger partial charge on any atom is 0.273 e. The summed E-state index contributed by atoms with van der Waals surface area (Å²) in [6, 6.07) is 9.75. The molecule has 2 heterocycles. The van der Waals surface area contributed by atoms with Crippen LogP contribution in [0, 0.1) is 0 Å². The van der Waals surface area contributed by atoms with Crippen LogP contribution < -0.4 is 0 Å². The molecule has 1 fully saturated rings. The Kier molecular flexibility index (Phi) is 4.13. The van der Waals surface area contributed by atoms with E-state index in [1.54, 1.807) is 6.20 Å². The van der Waals surface area contributed by atoms with Gasteiger partial charge in [0, 0.05) is 44.3 Å². The molecule has 1 N–H and O–H groups in total. The van der Waals surface area contributed by atoms with Crippen LogP contribution in [0.15, 0.2) is 36.5 Å². The van der Waals surface area contributed by atoms with Crippen LogP contribution in [0.1, 0.15) is 10.5 Å². The first-order valence-corrected chi connectivity index (χ1v) is 7.26. The minimum absolute atomic E-state index is 0.00421. The zero-order chi connectivity index (χ0) is 14.7. The number of benzene rings is 1. The van der Waals surface area contributed by atoms with Crippen LogP contribution in [0.2, 0.25) is 0 Å². The average molecular weight is 285 g/mol. The lowest BCUT2D eigenvalue weighted by molar-refractivity contribution is 0.0611. The lowest BCUT2D eigenvalue weighted by Crippen LogP contribution is -2.49. The number of rotatable bonds is 3. The van der Waals surface area contributed by atoms with Crippen molar-refractivity contribution in [1.29, 1.82) is 0 Å². The van der Waals surface area contributed by atoms with Gasteiger partial charge in [-0.1, -0.05) is 24.3 Å². The van der Waals surface area contributed by atoms with Crippen LogP contribution >= 0.6 is 0 Å². The number of nitrogens with zero attached hydrogens (tertiary/aromatic N) is 3. The van der Waals surface area contributed by atoms with Gasteiger partial charge in [0.25, 0.3) is 5.91 Å². The topological polar surface area (TPSA) is 56.7 Å². The number of aliphatic hydroxyl groups excluding tert-OH is 1. The number of carbonyl (C=O) groups is 1. The molecule has 2 aromatic rings. The summed E-state index contributed by atoms with van der Waals surface area (Å²) >= 11 is 0. The monoisotopic (exact) mass is 285 g/mol. The van der Waals surface area contributed by atoms with Crippen molar-refractivity contribution in [2.75, 3.05) is 39.3 Å². The molecule has 1 aliphatic heterocycles. The molecule has 0 unspecified atom stereocenters. The van der Waals surface area contributed by atoms with Crippen LogP contribution in [0.3, 0.4) is 0 Å². The molecule has 0 bridgehead atoms. The number of aliphatic hydroxyl groups is 1. The van der Waals surface area contributed by atoms with Gasteiger partial charge >= 0.3 is 0 Å². The van der Waals surface area contributed by atoms with Crippen molar-refractivity contribution in [2.45, 2.75) is 0 Å². The van der Waals surface area contributed by atoms with Crippen molar-refractivity contribution in [3.05, 3.63) is 42.2 Å². The Balaban J connectivity index is 1.79. The molecule has 1 amide bonds. The van der Waals surface area contributed by atoms with E-state index in [4.69, 9.17) is 5.11 Å². The highest BCUT2D eigenvalue weighted by molar-refractivity contribution is 6.05. The molecule has 1 saturated heterocycles. The molecule has 3 rings (SSSR count). The first kappa shape index (κ1) is 14.0. The summed E-state index contributed by atoms with van der Waals surface area (Å²) in [4.78, 5) is 21.0. The number of β-amino-alcohol motifs (C(OH)–C–C–N with tert-alkyl or cyclic N) is 1. The SMILES string of the molecule is O=C(c1nccc2ccccc12)N1CCN(CCO)CC1. The summed E-state index contributed by atoms with van der Waals surface area (Å²) < 4.78 is 0. The minimum atomic E-state index is -0.00421. The van der Waals surface area contributed by atoms with Gasteiger partial charge in [-0.05, 0) is 11.5 Å². The third-order valence-electron chi connectivity index (χ3n) is 3.95. The second-order valence-corrected chi connectivity index (χ2v) is 5.24. The Morgan fingerprint density at radius 2 is 1.90 bits per heavy atom. The molecule has 21 heavy (non-hydrogen) atoms. The molecule has 110 valence electrons. The third kappa shape index (κ3) is 2.89. The second-order valence-electron chi connectivity index (χ2n) is 5.24. The highest BCUT2D eigenvalue weighted by Gasteiger charge is 2.23. The Morgan fingerprint density at radius 3 is 2.67 bits per heavy atom. The summed E-state index contributed by atoms with van der Waals surface area (Å²) in [5, 5.41) is 10.9. The molecule has 5 nitrogen and oxygen atoms in total. The molecule has 1 aliphatic rings. The highest BCUT2D eigenvalue weighted by Crippen LogP contribution is 2.18. The van der Waals surface area contributed by atoms with Crippen molar-refractivity contribution in [2.24, 2.45) is 0 Å². The van der Waals surface area contributed by atoms with Crippen LogP contribution in [-0.4, -0.2) is 65.1 Å². The smallest absolute Gasteiger partial charge is 0.273 e. The average Bonchev–Trinajstić information content (AvgIpc) is 2.55. The molecular formula is C16H19N3O2. The van der Waals surface area contributed by atoms with Crippen molar-refractivity contribution in [1.82, 2.24) is 14.8 Å². The standard InChI is InChI=1S/C16H19N3O2/c20-12-11-18-7-9-19(10-8-18)16(21)15-14-4-2-1-3-13(14)5-6-17-15/h1-6,20H,7-12H2. The fourth-order valence-corrected chi connectivity index (χ4v) is 2.76. The number of fused-ring (bicyclic) bond motifs is 1. The number of piperazine rings is 1. The number of carbonyl (C=O) groups excluding carboxylic acids is 1. The molecule has 5 heteroatoms. The first-order chi connectivity index (χ1) is 10.3. The van der Waals surface area contributed by atoms with Gasteiger partial charge in [0.05, 0.1) is 6.61 Å². The molecular weight excluding hydrogens is 266 g/mol. The van der Waals surface area contributed by atoms with Gasteiger partial charge in [-0.2, -0.15) is 0 Å². The van der Waals surface area contributed by atoms with Gasteiger partial charge in [-0.25, -0.2) is 0 Å². The fourth-order valence-electron chi connectivity index (χ4n) is 2.76. The second kappa shape index (κ2) is 6.20. The van der Waals surface area contributed by atoms with Crippen molar-refractivity contribution in [3.63, 3.8) is 0 Å². The van der Waals surface area contributed by atoms with E-state index in [-0.39, 0.29) is 12.5 Å². The Bertz CT molecular complexity index is 631. The van der Waals surface area contributed by atoms with E-state index >= 15 is 0 Å². The van der Waals surface area contributed by atoms with Gasteiger partial charge < -0.3 is 10.0 Å². The predicted molar refractivity (Wildman–Crippen MR) is 81.2 cm³/mol. The van der Waals surface area contributed by atoms with E-state index in [9.17, 15) is 4.79 Å². The first-order valence-electron chi connectivity index (χ1n) is 7.26. The van der Waals surface area contributed by atoms with Crippen LogP contribution in [0.25, 0.3) is 10.8 Å². The van der Waals surface area contributed by atoms with Crippen LogP contribution in [0.5, 0.6) is 0 Å². The lowest BCUT2D eigenvalue weighted by atomic mass is 10.1. The van der Waals surface area contributed by atoms with Crippen LogP contribution in [-0.2, 0) is 0 Å². The van der Waals surface area contributed by atoms with Gasteiger partial charge in [-0.15, -0.1) is 0 Å². The van der Waals surface area contributed by atoms with Crippen LogP contribution in [0.4, 0.5) is 0 Å². The van der Waals surface area contributed by atoms with E-state index in [1.807, 2.05) is 35.2 Å². The minimum Gasteiger partial charge on any atom is -0.395 e. The quantitative estimate of drug-likeness (QED) is 0.913. The number of pyridine rings is 1. The van der Waals surface area contributed by atoms with Gasteiger partial charge in [-0.3, -0.25) is 14.7 Å². The largest absolute Gasteiger partial charge is 0.395 e. The van der Waals surface area contributed by atoms with E-state index in [0.29, 0.717) is 25.3 Å². The normalized spacial score (nSPS) is 16.3. The molecule has 1 aromatic heterocycles. The summed E-state index contributed by atoms with van der Waals surface area (Å²) in [6.45, 7) is 3.81. The fraction of sp³-hybridized carbons (Fsp3) is 0.375.